The standard InChI is InChI=1S/C22H19F4N3O2S/c1-13-14(2)32-21(28-20(31)17-8-3-4-9-18(17)23)29(13)12-19(30)27-11-15-6-5-7-16(10-15)22(24,25)26/h3-10H,11-12H2,1-2H3,(H,27,30). The van der Waals surface area contributed by atoms with E-state index in [1.807, 2.05) is 0 Å². The Bertz CT molecular complexity index is 1230. The summed E-state index contributed by atoms with van der Waals surface area (Å²) in [6, 6.07) is 10.1. The number of halogens is 4. The van der Waals surface area contributed by atoms with Gasteiger partial charge in [0, 0.05) is 17.1 Å². The monoisotopic (exact) mass is 465 g/mol. The average molecular weight is 465 g/mol. The first-order chi connectivity index (χ1) is 15.1. The maximum atomic E-state index is 13.9. The van der Waals surface area contributed by atoms with Gasteiger partial charge >= 0.3 is 6.18 Å². The van der Waals surface area contributed by atoms with Crippen molar-refractivity contribution in [2.24, 2.45) is 4.99 Å². The zero-order valence-electron chi connectivity index (χ0n) is 17.2. The molecule has 0 bridgehead atoms. The number of benzene rings is 2. The number of thiazole rings is 1. The molecule has 0 radical (unpaired) electrons. The van der Waals surface area contributed by atoms with Gasteiger partial charge in [-0.05, 0) is 43.7 Å². The van der Waals surface area contributed by atoms with Gasteiger partial charge in [-0.2, -0.15) is 18.2 Å². The quantitative estimate of drug-likeness (QED) is 0.569. The van der Waals surface area contributed by atoms with E-state index in [1.165, 1.54) is 46.2 Å². The van der Waals surface area contributed by atoms with Crippen molar-refractivity contribution < 1.29 is 27.2 Å². The lowest BCUT2D eigenvalue weighted by atomic mass is 10.1. The Balaban J connectivity index is 1.77. The summed E-state index contributed by atoms with van der Waals surface area (Å²) in [4.78, 5) is 29.9. The fourth-order valence-electron chi connectivity index (χ4n) is 2.91. The second-order valence-corrected chi connectivity index (χ2v) is 8.17. The molecule has 0 aliphatic carbocycles. The molecule has 0 spiro atoms. The minimum absolute atomic E-state index is 0.0912. The largest absolute Gasteiger partial charge is 0.416 e. The van der Waals surface area contributed by atoms with Crippen LogP contribution in [0.25, 0.3) is 0 Å². The van der Waals surface area contributed by atoms with E-state index in [0.29, 0.717) is 11.3 Å². The van der Waals surface area contributed by atoms with Gasteiger partial charge in [0.25, 0.3) is 5.91 Å². The fraction of sp³-hybridized carbons (Fsp3) is 0.227. The van der Waals surface area contributed by atoms with Gasteiger partial charge in [-0.25, -0.2) is 4.39 Å². The van der Waals surface area contributed by atoms with Crippen LogP contribution in [0.15, 0.2) is 53.5 Å². The number of hydrogen-bond donors (Lipinski definition) is 1. The predicted octanol–water partition coefficient (Wildman–Crippen LogP) is 4.38. The predicted molar refractivity (Wildman–Crippen MR) is 111 cm³/mol. The van der Waals surface area contributed by atoms with Crippen LogP contribution in [0.1, 0.15) is 32.1 Å². The number of alkyl halides is 3. The van der Waals surface area contributed by atoms with Gasteiger partial charge in [0.1, 0.15) is 12.4 Å². The van der Waals surface area contributed by atoms with Crippen LogP contribution in [-0.2, 0) is 24.1 Å². The van der Waals surface area contributed by atoms with Gasteiger partial charge in [-0.1, -0.05) is 24.3 Å². The highest BCUT2D eigenvalue weighted by Gasteiger charge is 2.30. The van der Waals surface area contributed by atoms with Crippen LogP contribution in [0.2, 0.25) is 0 Å². The highest BCUT2D eigenvalue weighted by Crippen LogP contribution is 2.29. The molecule has 3 aromatic rings. The van der Waals surface area contributed by atoms with Crippen LogP contribution >= 0.6 is 11.3 Å². The molecule has 0 unspecified atom stereocenters. The summed E-state index contributed by atoms with van der Waals surface area (Å²) in [6.45, 7) is 3.26. The van der Waals surface area contributed by atoms with E-state index in [-0.39, 0.29) is 23.5 Å². The molecule has 0 fully saturated rings. The topological polar surface area (TPSA) is 63.5 Å². The van der Waals surface area contributed by atoms with E-state index < -0.39 is 29.4 Å². The number of carbonyl (C=O) groups is 2. The van der Waals surface area contributed by atoms with Gasteiger partial charge < -0.3 is 9.88 Å². The van der Waals surface area contributed by atoms with Crippen molar-refractivity contribution >= 4 is 23.2 Å². The molecule has 2 amide bonds. The van der Waals surface area contributed by atoms with Gasteiger partial charge in [0.05, 0.1) is 11.1 Å². The van der Waals surface area contributed by atoms with Gasteiger partial charge in [0.15, 0.2) is 4.80 Å². The summed E-state index contributed by atoms with van der Waals surface area (Å²) in [5, 5.41) is 2.57. The Morgan fingerprint density at radius 2 is 1.81 bits per heavy atom. The summed E-state index contributed by atoms with van der Waals surface area (Å²) >= 11 is 1.18. The third kappa shape index (κ3) is 5.50. The SMILES string of the molecule is Cc1sc(=NC(=O)c2ccccc2F)n(CC(=O)NCc2cccc(C(F)(F)F)c2)c1C. The molecule has 32 heavy (non-hydrogen) atoms. The van der Waals surface area contributed by atoms with Gasteiger partial charge in [-0.15, -0.1) is 11.3 Å². The first-order valence-corrected chi connectivity index (χ1v) is 10.3. The average Bonchev–Trinajstić information content (AvgIpc) is 2.99. The Morgan fingerprint density at radius 1 is 1.09 bits per heavy atom. The molecule has 0 saturated carbocycles. The highest BCUT2D eigenvalue weighted by atomic mass is 32.1. The smallest absolute Gasteiger partial charge is 0.350 e. The minimum Gasteiger partial charge on any atom is -0.350 e. The number of aromatic nitrogens is 1. The molecule has 0 atom stereocenters. The number of aryl methyl sites for hydroxylation is 1. The normalized spacial score (nSPS) is 12.1. The van der Waals surface area contributed by atoms with Crippen molar-refractivity contribution in [3.8, 4) is 0 Å². The van der Waals surface area contributed by atoms with Crippen LogP contribution in [0.3, 0.4) is 0 Å². The van der Waals surface area contributed by atoms with Crippen molar-refractivity contribution in [3.63, 3.8) is 0 Å². The van der Waals surface area contributed by atoms with Crippen molar-refractivity contribution in [3.05, 3.63) is 86.4 Å². The number of nitrogens with one attached hydrogen (secondary N) is 1. The molecule has 168 valence electrons. The molecule has 1 heterocycles. The van der Waals surface area contributed by atoms with E-state index in [1.54, 1.807) is 13.8 Å². The highest BCUT2D eigenvalue weighted by molar-refractivity contribution is 7.09. The van der Waals surface area contributed by atoms with E-state index in [0.717, 1.165) is 23.1 Å². The molecular formula is C22H19F4N3O2S. The lowest BCUT2D eigenvalue weighted by molar-refractivity contribution is -0.137. The lowest BCUT2D eigenvalue weighted by Crippen LogP contribution is -2.31. The summed E-state index contributed by atoms with van der Waals surface area (Å²) in [5.74, 6) is -1.94. The molecule has 5 nitrogen and oxygen atoms in total. The van der Waals surface area contributed by atoms with E-state index in [9.17, 15) is 27.2 Å². The van der Waals surface area contributed by atoms with Crippen molar-refractivity contribution in [2.75, 3.05) is 0 Å². The summed E-state index contributed by atoms with van der Waals surface area (Å²) < 4.78 is 53.9. The molecule has 0 saturated heterocycles. The van der Waals surface area contributed by atoms with E-state index in [4.69, 9.17) is 0 Å². The fourth-order valence-corrected chi connectivity index (χ4v) is 3.88. The summed E-state index contributed by atoms with van der Waals surface area (Å²) in [7, 11) is 0. The molecular weight excluding hydrogens is 446 g/mol. The Morgan fingerprint density at radius 3 is 2.50 bits per heavy atom. The van der Waals surface area contributed by atoms with Crippen LogP contribution in [0.4, 0.5) is 17.6 Å². The Kier molecular flexibility index (Phi) is 6.93. The number of hydrogen-bond acceptors (Lipinski definition) is 3. The van der Waals surface area contributed by atoms with Crippen LogP contribution in [0.5, 0.6) is 0 Å². The number of carbonyl (C=O) groups excluding carboxylic acids is 2. The second kappa shape index (κ2) is 9.47. The summed E-state index contributed by atoms with van der Waals surface area (Å²) in [5.41, 5.74) is 0.0211. The van der Waals surface area contributed by atoms with Gasteiger partial charge in [-0.3, -0.25) is 9.59 Å². The third-order valence-corrected chi connectivity index (χ3v) is 5.83. The zero-order valence-corrected chi connectivity index (χ0v) is 18.0. The van der Waals surface area contributed by atoms with Crippen molar-refractivity contribution in [1.29, 1.82) is 0 Å². The first-order valence-electron chi connectivity index (χ1n) is 9.49. The Labute approximate surface area is 185 Å². The lowest BCUT2D eigenvalue weighted by Gasteiger charge is -2.10. The third-order valence-electron chi connectivity index (χ3n) is 4.74. The number of rotatable bonds is 5. The molecule has 10 heteroatoms. The van der Waals surface area contributed by atoms with Crippen LogP contribution < -0.4 is 10.1 Å². The first kappa shape index (κ1) is 23.4. The summed E-state index contributed by atoms with van der Waals surface area (Å²) in [6.07, 6.45) is -4.47. The van der Waals surface area contributed by atoms with Crippen molar-refractivity contribution in [1.82, 2.24) is 9.88 Å². The molecule has 0 aliphatic heterocycles. The second-order valence-electron chi connectivity index (χ2n) is 6.98. The molecule has 3 rings (SSSR count). The maximum absolute atomic E-state index is 13.9. The molecule has 2 aromatic carbocycles. The van der Waals surface area contributed by atoms with E-state index >= 15 is 0 Å². The molecule has 1 N–H and O–H groups in total. The van der Waals surface area contributed by atoms with Gasteiger partial charge in [0.2, 0.25) is 5.91 Å². The number of nitrogens with zero attached hydrogens (tertiary/aromatic N) is 2. The Hall–Kier alpha value is -3.27. The minimum atomic E-state index is -4.47. The number of amides is 2. The van der Waals surface area contributed by atoms with Crippen LogP contribution in [-0.4, -0.2) is 16.4 Å². The molecule has 1 aromatic heterocycles. The molecule has 0 aliphatic rings. The maximum Gasteiger partial charge on any atom is 0.416 e. The van der Waals surface area contributed by atoms with Crippen LogP contribution in [0, 0.1) is 19.7 Å². The zero-order chi connectivity index (χ0) is 23.5. The van der Waals surface area contributed by atoms with Crippen molar-refractivity contribution in [2.45, 2.75) is 33.1 Å². The van der Waals surface area contributed by atoms with E-state index in [2.05, 4.69) is 10.3 Å².